The summed E-state index contributed by atoms with van der Waals surface area (Å²) in [5.41, 5.74) is 20.1. The fourth-order valence-electron chi connectivity index (χ4n) is 13.0. The van der Waals surface area contributed by atoms with Crippen LogP contribution in [0, 0.1) is 0 Å². The molecular weight excluding hydrogens is 925 g/mol. The summed E-state index contributed by atoms with van der Waals surface area (Å²) in [6, 6.07) is 98.8. The lowest BCUT2D eigenvalue weighted by Gasteiger charge is -2.34. The Morgan fingerprint density at radius 2 is 0.853 bits per heavy atom. The summed E-state index contributed by atoms with van der Waals surface area (Å²) in [4.78, 5) is 5.51. The van der Waals surface area contributed by atoms with Crippen LogP contribution < -0.4 is 0 Å². The van der Waals surface area contributed by atoms with Gasteiger partial charge in [-0.3, -0.25) is 4.40 Å². The molecule has 15 aromatic rings. The molecule has 1 aliphatic carbocycles. The van der Waals surface area contributed by atoms with Crippen LogP contribution >= 0.6 is 11.3 Å². The van der Waals surface area contributed by atoms with Crippen LogP contribution in [0.1, 0.15) is 22.3 Å². The van der Waals surface area contributed by atoms with E-state index in [4.69, 9.17) is 4.98 Å². The Bertz CT molecular complexity index is 4760. The SMILES string of the molecule is c1ccc(C2(c3ccccc3)c3ccccc3-c3c(-c4ccc(-c5ccc(-c6ccc(-c7cc8c9ccc%10ccccc%10c9sc8c8nc9c%10ccccc%10ccc9n78)cc6)c6ccccc56)cc4)cccc32)cc1. The Balaban J connectivity index is 0.794. The molecule has 3 heterocycles. The molecule has 0 saturated heterocycles. The highest BCUT2D eigenvalue weighted by Crippen LogP contribution is 2.58. The lowest BCUT2D eigenvalue weighted by Crippen LogP contribution is -2.28. The minimum absolute atomic E-state index is 0.438. The molecule has 348 valence electrons. The number of imidazole rings is 1. The highest BCUT2D eigenvalue weighted by molar-refractivity contribution is 7.27. The summed E-state index contributed by atoms with van der Waals surface area (Å²) in [7, 11) is 0. The highest BCUT2D eigenvalue weighted by Gasteiger charge is 2.46. The Morgan fingerprint density at radius 1 is 0.333 bits per heavy atom. The fourth-order valence-corrected chi connectivity index (χ4v) is 14.3. The van der Waals surface area contributed by atoms with Crippen molar-refractivity contribution in [3.8, 4) is 55.8 Å². The van der Waals surface area contributed by atoms with Gasteiger partial charge in [-0.05, 0) is 111 Å². The molecule has 0 radical (unpaired) electrons. The number of fused-ring (bicyclic) bond motifs is 15. The van der Waals surface area contributed by atoms with Crippen molar-refractivity contribution in [1.82, 2.24) is 9.38 Å². The topological polar surface area (TPSA) is 17.3 Å². The zero-order chi connectivity index (χ0) is 49.2. The third-order valence-electron chi connectivity index (χ3n) is 16.3. The predicted molar refractivity (Wildman–Crippen MR) is 317 cm³/mol. The summed E-state index contributed by atoms with van der Waals surface area (Å²) < 4.78 is 4.92. The lowest BCUT2D eigenvalue weighted by molar-refractivity contribution is 0.768. The normalized spacial score (nSPS) is 12.9. The highest BCUT2D eigenvalue weighted by atomic mass is 32.1. The second kappa shape index (κ2) is 16.3. The van der Waals surface area contributed by atoms with E-state index in [9.17, 15) is 0 Å². The van der Waals surface area contributed by atoms with Crippen molar-refractivity contribution >= 4 is 80.5 Å². The van der Waals surface area contributed by atoms with Crippen LogP contribution in [0.15, 0.2) is 267 Å². The third-order valence-corrected chi connectivity index (χ3v) is 17.5. The summed E-state index contributed by atoms with van der Waals surface area (Å²) >= 11 is 1.86. The van der Waals surface area contributed by atoms with Crippen LogP contribution in [0.3, 0.4) is 0 Å². The Hall–Kier alpha value is -9.41. The van der Waals surface area contributed by atoms with E-state index in [0.717, 1.165) is 27.9 Å². The fraction of sp³-hybridized carbons (Fsp3) is 0.0139. The van der Waals surface area contributed by atoms with Gasteiger partial charge in [-0.15, -0.1) is 11.3 Å². The Morgan fingerprint density at radius 3 is 1.53 bits per heavy atom. The maximum Gasteiger partial charge on any atom is 0.156 e. The van der Waals surface area contributed by atoms with E-state index in [2.05, 4.69) is 271 Å². The first-order valence-electron chi connectivity index (χ1n) is 25.9. The lowest BCUT2D eigenvalue weighted by atomic mass is 9.67. The number of nitrogens with zero attached hydrogens (tertiary/aromatic N) is 2. The summed E-state index contributed by atoms with van der Waals surface area (Å²) in [6.45, 7) is 0. The average molecular weight is 969 g/mol. The average Bonchev–Trinajstić information content (AvgIpc) is 4.19. The van der Waals surface area contributed by atoms with Gasteiger partial charge in [0.2, 0.25) is 0 Å². The van der Waals surface area contributed by atoms with Crippen LogP contribution in [0.2, 0.25) is 0 Å². The molecule has 0 spiro atoms. The molecule has 3 aromatic heterocycles. The van der Waals surface area contributed by atoms with Crippen LogP contribution in [0.4, 0.5) is 0 Å². The maximum atomic E-state index is 5.51. The minimum atomic E-state index is -0.438. The van der Waals surface area contributed by atoms with Crippen molar-refractivity contribution in [1.29, 1.82) is 0 Å². The van der Waals surface area contributed by atoms with E-state index < -0.39 is 5.41 Å². The first-order chi connectivity index (χ1) is 37.2. The number of benzene rings is 12. The van der Waals surface area contributed by atoms with Gasteiger partial charge in [-0.1, -0.05) is 255 Å². The van der Waals surface area contributed by atoms with E-state index in [-0.39, 0.29) is 0 Å². The van der Waals surface area contributed by atoms with Gasteiger partial charge in [0, 0.05) is 20.9 Å². The maximum absolute atomic E-state index is 5.51. The third kappa shape index (κ3) is 6.10. The summed E-state index contributed by atoms with van der Waals surface area (Å²) in [6.07, 6.45) is 0. The van der Waals surface area contributed by atoms with Gasteiger partial charge < -0.3 is 0 Å². The first-order valence-corrected chi connectivity index (χ1v) is 26.7. The van der Waals surface area contributed by atoms with Gasteiger partial charge in [0.1, 0.15) is 0 Å². The Labute approximate surface area is 437 Å². The summed E-state index contributed by atoms with van der Waals surface area (Å²) in [5.74, 6) is 0. The molecule has 0 amide bonds. The molecule has 1 aliphatic rings. The number of thiophene rings is 1. The van der Waals surface area contributed by atoms with E-state index in [1.807, 2.05) is 11.3 Å². The van der Waals surface area contributed by atoms with Gasteiger partial charge in [0.15, 0.2) is 5.65 Å². The number of hydrogen-bond acceptors (Lipinski definition) is 2. The summed E-state index contributed by atoms with van der Waals surface area (Å²) in [5, 5.41) is 9.90. The predicted octanol–water partition coefficient (Wildman–Crippen LogP) is 19.3. The van der Waals surface area contributed by atoms with Crippen molar-refractivity contribution in [2.75, 3.05) is 0 Å². The molecule has 0 aliphatic heterocycles. The molecule has 12 aromatic carbocycles. The van der Waals surface area contributed by atoms with Crippen LogP contribution in [-0.2, 0) is 5.41 Å². The van der Waals surface area contributed by atoms with Gasteiger partial charge in [-0.25, -0.2) is 4.98 Å². The molecule has 0 unspecified atom stereocenters. The zero-order valence-corrected chi connectivity index (χ0v) is 41.5. The number of aromatic nitrogens is 2. The minimum Gasteiger partial charge on any atom is -0.291 e. The second-order valence-electron chi connectivity index (χ2n) is 20.1. The van der Waals surface area contributed by atoms with E-state index >= 15 is 0 Å². The molecule has 16 rings (SSSR count). The standard InChI is InChI=1S/C72H44N2S/c1-3-18-51(19-4-1)72(52-20-5-2-6-21-52)63-28-14-13-26-61(63)67-55(27-15-29-64(67)72)49-32-30-47(31-33-49)53-41-42-54(59-25-12-11-24-58(53)59)48-34-36-50(37-35-48)66-44-62-60-40-38-46-17-8-10-23-57(46)69(60)75-70(62)71-73-68-56-22-9-7-16-45(56)39-43-65(68)74(66)71/h1-44H. The largest absolute Gasteiger partial charge is 0.291 e. The molecule has 0 saturated carbocycles. The number of hydrogen-bond donors (Lipinski definition) is 0. The molecule has 75 heavy (non-hydrogen) atoms. The van der Waals surface area contributed by atoms with Gasteiger partial charge >= 0.3 is 0 Å². The molecule has 3 heteroatoms. The monoisotopic (exact) mass is 968 g/mol. The van der Waals surface area contributed by atoms with Gasteiger partial charge in [0.05, 0.1) is 26.8 Å². The van der Waals surface area contributed by atoms with Crippen molar-refractivity contribution in [2.24, 2.45) is 0 Å². The van der Waals surface area contributed by atoms with Crippen molar-refractivity contribution in [3.05, 3.63) is 289 Å². The van der Waals surface area contributed by atoms with Crippen molar-refractivity contribution < 1.29 is 0 Å². The molecule has 0 atom stereocenters. The zero-order valence-electron chi connectivity index (χ0n) is 40.7. The van der Waals surface area contributed by atoms with Crippen LogP contribution in [0.25, 0.3) is 125 Å². The molecule has 0 fully saturated rings. The molecular formula is C72H44N2S. The smallest absolute Gasteiger partial charge is 0.156 e. The van der Waals surface area contributed by atoms with Crippen molar-refractivity contribution in [2.45, 2.75) is 5.41 Å². The number of pyridine rings is 1. The molecule has 0 bridgehead atoms. The van der Waals surface area contributed by atoms with Crippen molar-refractivity contribution in [3.63, 3.8) is 0 Å². The molecule has 2 nitrogen and oxygen atoms in total. The second-order valence-corrected chi connectivity index (χ2v) is 21.1. The quantitative estimate of drug-likeness (QED) is 0.162. The molecule has 0 N–H and O–H groups in total. The van der Waals surface area contributed by atoms with Gasteiger partial charge in [-0.2, -0.15) is 0 Å². The number of rotatable bonds is 6. The van der Waals surface area contributed by atoms with Crippen LogP contribution in [0.5, 0.6) is 0 Å². The van der Waals surface area contributed by atoms with Crippen LogP contribution in [-0.4, -0.2) is 9.38 Å². The van der Waals surface area contributed by atoms with Gasteiger partial charge in [0.25, 0.3) is 0 Å². The Kier molecular flexibility index (Phi) is 9.16. The van der Waals surface area contributed by atoms with E-state index in [1.165, 1.54) is 119 Å². The first kappa shape index (κ1) is 42.1. The van der Waals surface area contributed by atoms with E-state index in [0.29, 0.717) is 0 Å². The van der Waals surface area contributed by atoms with E-state index in [1.54, 1.807) is 0 Å².